The van der Waals surface area contributed by atoms with Crippen LogP contribution < -0.4 is 14.4 Å². The van der Waals surface area contributed by atoms with Crippen LogP contribution in [-0.2, 0) is 4.79 Å². The number of ether oxygens (including phenoxy) is 2. The number of thioether (sulfide) groups is 1. The Morgan fingerprint density at radius 3 is 2.77 bits per heavy atom. The summed E-state index contributed by atoms with van der Waals surface area (Å²) in [5.41, 5.74) is 2.58. The second-order valence-corrected chi connectivity index (χ2v) is 7.45. The maximum absolute atomic E-state index is 12.8. The lowest BCUT2D eigenvalue weighted by Gasteiger charge is -2.30. The fourth-order valence-corrected chi connectivity index (χ4v) is 3.83. The monoisotopic (exact) mass is 420 g/mol. The Labute approximate surface area is 178 Å². The van der Waals surface area contributed by atoms with E-state index < -0.39 is 6.23 Å². The number of amides is 1. The minimum Gasteiger partial charge on any atom is -0.496 e. The Hall–Kier alpha value is -3.39. The van der Waals surface area contributed by atoms with E-state index in [9.17, 15) is 4.79 Å². The lowest BCUT2D eigenvalue weighted by atomic mass is 10.1. The van der Waals surface area contributed by atoms with Crippen molar-refractivity contribution in [2.75, 3.05) is 17.8 Å². The van der Waals surface area contributed by atoms with E-state index in [0.29, 0.717) is 39.5 Å². The summed E-state index contributed by atoms with van der Waals surface area (Å²) < 4.78 is 11.9. The lowest BCUT2D eigenvalue weighted by Crippen LogP contribution is -2.36. The summed E-state index contributed by atoms with van der Waals surface area (Å²) in [7, 11) is 1.59. The van der Waals surface area contributed by atoms with Gasteiger partial charge in [-0.15, -0.1) is 16.8 Å². The predicted octanol–water partition coefficient (Wildman–Crippen LogP) is 4.27. The highest BCUT2D eigenvalue weighted by Gasteiger charge is 2.35. The summed E-state index contributed by atoms with van der Waals surface area (Å²) in [4.78, 5) is 19.0. The minimum atomic E-state index is -0.782. The van der Waals surface area contributed by atoms with Crippen molar-refractivity contribution in [1.82, 2.24) is 15.2 Å². The molecule has 7 nitrogen and oxygen atoms in total. The second kappa shape index (κ2) is 8.54. The van der Waals surface area contributed by atoms with Gasteiger partial charge in [-0.05, 0) is 18.2 Å². The number of aromatic nitrogens is 3. The van der Waals surface area contributed by atoms with Crippen LogP contribution in [0, 0.1) is 0 Å². The Kier molecular flexibility index (Phi) is 5.67. The molecule has 1 aliphatic rings. The topological polar surface area (TPSA) is 77.4 Å². The van der Waals surface area contributed by atoms with E-state index in [1.807, 2.05) is 48.5 Å². The number of hydrogen-bond acceptors (Lipinski definition) is 7. The first-order valence-corrected chi connectivity index (χ1v) is 10.3. The number of methoxy groups -OCH3 is 1. The summed E-state index contributed by atoms with van der Waals surface area (Å²) >= 11 is 1.41. The van der Waals surface area contributed by atoms with Crippen molar-refractivity contribution in [3.05, 3.63) is 66.7 Å². The van der Waals surface area contributed by atoms with Gasteiger partial charge in [0.15, 0.2) is 5.69 Å². The Morgan fingerprint density at radius 2 is 2.00 bits per heavy atom. The number of hydrogen-bond donors (Lipinski definition) is 0. The van der Waals surface area contributed by atoms with Gasteiger partial charge in [-0.25, -0.2) is 0 Å². The van der Waals surface area contributed by atoms with Crippen molar-refractivity contribution in [3.63, 3.8) is 0 Å². The number of fused-ring (bicyclic) bond motifs is 3. The number of benzene rings is 2. The highest BCUT2D eigenvalue weighted by atomic mass is 32.2. The molecular formula is C22H20N4O3S. The van der Waals surface area contributed by atoms with Crippen LogP contribution in [0.5, 0.6) is 11.6 Å². The molecule has 2 heterocycles. The molecule has 0 saturated heterocycles. The number of para-hydroxylation sites is 2. The maximum Gasteiger partial charge on any atom is 0.247 e. The average molecular weight is 420 g/mol. The second-order valence-electron chi connectivity index (χ2n) is 6.47. The fourth-order valence-electron chi connectivity index (χ4n) is 3.32. The number of nitrogens with zero attached hydrogens (tertiary/aromatic N) is 4. The van der Waals surface area contributed by atoms with Crippen LogP contribution in [0.3, 0.4) is 0 Å². The van der Waals surface area contributed by atoms with E-state index in [1.165, 1.54) is 18.7 Å². The first-order valence-electron chi connectivity index (χ1n) is 9.31. The fraction of sp³-hybridized carbons (Fsp3) is 0.182. The van der Waals surface area contributed by atoms with Crippen LogP contribution in [0.1, 0.15) is 18.7 Å². The Balaban J connectivity index is 1.94. The lowest BCUT2D eigenvalue weighted by molar-refractivity contribution is -0.118. The van der Waals surface area contributed by atoms with E-state index in [0.717, 1.165) is 5.56 Å². The molecular weight excluding hydrogens is 400 g/mol. The number of rotatable bonds is 5. The van der Waals surface area contributed by atoms with Gasteiger partial charge < -0.3 is 9.47 Å². The molecule has 1 aliphatic heterocycles. The van der Waals surface area contributed by atoms with Crippen LogP contribution >= 0.6 is 11.8 Å². The van der Waals surface area contributed by atoms with Crippen LogP contribution in [0.2, 0.25) is 0 Å². The number of anilines is 1. The number of carbonyl (C=O) groups is 1. The third-order valence-electron chi connectivity index (χ3n) is 4.59. The first kappa shape index (κ1) is 19.9. The molecule has 8 heteroatoms. The van der Waals surface area contributed by atoms with Gasteiger partial charge in [-0.2, -0.15) is 4.98 Å². The van der Waals surface area contributed by atoms with Crippen LogP contribution in [0.15, 0.2) is 66.3 Å². The average Bonchev–Trinajstić information content (AvgIpc) is 2.91. The predicted molar refractivity (Wildman–Crippen MR) is 116 cm³/mol. The third kappa shape index (κ3) is 3.61. The molecule has 0 fully saturated rings. The summed E-state index contributed by atoms with van der Waals surface area (Å²) in [6, 6.07) is 14.9. The van der Waals surface area contributed by atoms with E-state index in [4.69, 9.17) is 9.47 Å². The molecule has 0 radical (unpaired) electrons. The van der Waals surface area contributed by atoms with Gasteiger partial charge in [-0.3, -0.25) is 9.69 Å². The summed E-state index contributed by atoms with van der Waals surface area (Å²) in [6.45, 7) is 5.23. The van der Waals surface area contributed by atoms with Gasteiger partial charge in [0.25, 0.3) is 0 Å². The van der Waals surface area contributed by atoms with Crippen molar-refractivity contribution < 1.29 is 14.3 Å². The summed E-state index contributed by atoms with van der Waals surface area (Å²) in [6.07, 6.45) is 0.986. The Bertz CT molecular complexity index is 1110. The zero-order chi connectivity index (χ0) is 21.1. The normalized spacial score (nSPS) is 14.7. The van der Waals surface area contributed by atoms with Gasteiger partial charge in [0, 0.05) is 18.2 Å². The molecule has 4 rings (SSSR count). The summed E-state index contributed by atoms with van der Waals surface area (Å²) in [5.74, 6) is 1.38. The van der Waals surface area contributed by atoms with Crippen molar-refractivity contribution in [2.24, 2.45) is 0 Å². The third-order valence-corrected chi connectivity index (χ3v) is 5.42. The van der Waals surface area contributed by atoms with E-state index in [2.05, 4.69) is 21.8 Å². The minimum absolute atomic E-state index is 0.180. The standard InChI is InChI=1S/C22H20N4O3S/c1-4-13-30-22-23-20-19(24-25-22)15-9-5-7-11-17(15)26(14(2)27)21(29-20)16-10-6-8-12-18(16)28-3/h4-12,21H,1,13H2,2-3H3/t21-/m1/s1. The van der Waals surface area contributed by atoms with Gasteiger partial charge >= 0.3 is 0 Å². The zero-order valence-corrected chi connectivity index (χ0v) is 17.4. The molecule has 0 spiro atoms. The van der Waals surface area contributed by atoms with Crippen molar-refractivity contribution in [1.29, 1.82) is 0 Å². The van der Waals surface area contributed by atoms with Gasteiger partial charge in [0.2, 0.25) is 23.2 Å². The van der Waals surface area contributed by atoms with E-state index in [-0.39, 0.29) is 5.91 Å². The quantitative estimate of drug-likeness (QED) is 0.451. The molecule has 152 valence electrons. The van der Waals surface area contributed by atoms with Gasteiger partial charge in [0.05, 0.1) is 18.4 Å². The van der Waals surface area contributed by atoms with Crippen molar-refractivity contribution in [2.45, 2.75) is 18.3 Å². The van der Waals surface area contributed by atoms with Crippen LogP contribution in [0.25, 0.3) is 11.3 Å². The highest BCUT2D eigenvalue weighted by molar-refractivity contribution is 7.99. The van der Waals surface area contributed by atoms with Gasteiger partial charge in [-0.1, -0.05) is 48.2 Å². The molecule has 0 bridgehead atoms. The molecule has 0 saturated carbocycles. The number of carbonyl (C=O) groups excluding carboxylic acids is 1. The SMILES string of the molecule is C=CCSc1nnc2c(n1)O[C@H](c1ccccc1OC)N(C(C)=O)c1ccccc1-2. The largest absolute Gasteiger partial charge is 0.496 e. The molecule has 1 aromatic heterocycles. The van der Waals surface area contributed by atoms with Crippen LogP contribution in [0.4, 0.5) is 5.69 Å². The van der Waals surface area contributed by atoms with E-state index >= 15 is 0 Å². The molecule has 0 unspecified atom stereocenters. The first-order chi connectivity index (χ1) is 14.6. The van der Waals surface area contributed by atoms with Crippen molar-refractivity contribution >= 4 is 23.4 Å². The molecule has 1 amide bonds. The van der Waals surface area contributed by atoms with Crippen LogP contribution in [-0.4, -0.2) is 34.0 Å². The van der Waals surface area contributed by atoms with Gasteiger partial charge in [0.1, 0.15) is 5.75 Å². The van der Waals surface area contributed by atoms with Crippen molar-refractivity contribution in [3.8, 4) is 22.9 Å². The molecule has 30 heavy (non-hydrogen) atoms. The smallest absolute Gasteiger partial charge is 0.247 e. The Morgan fingerprint density at radius 1 is 1.23 bits per heavy atom. The highest BCUT2D eigenvalue weighted by Crippen LogP contribution is 2.44. The molecule has 2 aromatic carbocycles. The molecule has 1 atom stereocenters. The van der Waals surface area contributed by atoms with E-state index in [1.54, 1.807) is 18.1 Å². The zero-order valence-electron chi connectivity index (χ0n) is 16.6. The maximum atomic E-state index is 12.8. The molecule has 3 aromatic rings. The molecule has 0 N–H and O–H groups in total. The summed E-state index contributed by atoms with van der Waals surface area (Å²) in [5, 5.41) is 9.07. The molecule has 0 aliphatic carbocycles.